The number of aromatic carboxylic acids is 1. The maximum absolute atomic E-state index is 14.9. The Morgan fingerprint density at radius 3 is 1.54 bits per heavy atom. The molecule has 10 aliphatic carbocycles. The topological polar surface area (TPSA) is 134 Å². The first-order chi connectivity index (χ1) is 46.2. The highest BCUT2D eigenvalue weighted by Gasteiger charge is 2.72. The summed E-state index contributed by atoms with van der Waals surface area (Å²) in [5.41, 5.74) is 16.8. The molecule has 4 N–H and O–H groups in total. The molecular weight excluding hydrogens is 1280 g/mol. The van der Waals surface area contributed by atoms with Gasteiger partial charge in [-0.2, -0.15) is 9.59 Å². The van der Waals surface area contributed by atoms with Crippen molar-refractivity contribution in [2.75, 3.05) is 78.1 Å². The van der Waals surface area contributed by atoms with Gasteiger partial charge in [-0.1, -0.05) is 124 Å². The number of hydrogen-bond acceptors (Lipinski definition) is 9. The van der Waals surface area contributed by atoms with Gasteiger partial charge in [0.25, 0.3) is 0 Å². The van der Waals surface area contributed by atoms with Crippen LogP contribution in [0.3, 0.4) is 0 Å². The third-order valence-corrected chi connectivity index (χ3v) is 32.0. The number of alkyl halides is 1. The molecule has 10 nitrogen and oxygen atoms in total. The van der Waals surface area contributed by atoms with Crippen molar-refractivity contribution in [1.82, 2.24) is 15.1 Å². The fourth-order valence-electron chi connectivity index (χ4n) is 26.7. The average Bonchev–Trinajstić information content (AvgIpc) is 1.27. The second-order valence-electron chi connectivity index (χ2n) is 36.4. The molecule has 2 aliphatic heterocycles. The molecule has 2 heterocycles. The van der Waals surface area contributed by atoms with Crippen LogP contribution in [0, 0.1) is 121 Å². The molecule has 0 aromatic heterocycles. The number of aryl methyl sites for hydroxylation is 1. The summed E-state index contributed by atoms with van der Waals surface area (Å²) < 4.78 is 40.3. The van der Waals surface area contributed by atoms with Crippen molar-refractivity contribution in [1.29, 1.82) is 0 Å². The fraction of sp³-hybridized carbons (Fsp3) is 0.741. The normalized spacial score (nSPS) is 40.7. The third kappa shape index (κ3) is 13.3. The molecule has 12 aliphatic rings. The quantitative estimate of drug-likeness (QED) is 0.147. The lowest BCUT2D eigenvalue weighted by Crippen LogP contribution is -2.68. The lowest BCUT2D eigenvalue weighted by atomic mass is 9.33. The molecule has 8 saturated carbocycles. The maximum atomic E-state index is 14.9. The molecular formula is C85H126Cl2F2N4O6. The summed E-state index contributed by atoms with van der Waals surface area (Å²) in [6, 6.07) is 10.6. The minimum atomic E-state index is -1.21. The lowest BCUT2D eigenvalue weighted by molar-refractivity contribution is -0.219. The Labute approximate surface area is 606 Å². The van der Waals surface area contributed by atoms with Gasteiger partial charge in [0.05, 0.1) is 32.0 Å². The minimum Gasteiger partial charge on any atom is -0.478 e. The number of carbonyl (C=O) groups is 1. The van der Waals surface area contributed by atoms with Gasteiger partial charge in [-0.05, 0) is 285 Å². The zero-order valence-corrected chi connectivity index (χ0v) is 64.6. The Bertz CT molecular complexity index is 3390. The second kappa shape index (κ2) is 29.4. The maximum Gasteiger partial charge on any atom is 0.373 e. The summed E-state index contributed by atoms with van der Waals surface area (Å²) in [5.74, 6) is 5.14. The first-order valence-corrected chi connectivity index (χ1v) is 39.0. The number of carboxylic acid groups (broad SMARTS) is 1. The summed E-state index contributed by atoms with van der Waals surface area (Å²) in [6.45, 7) is 52.0. The molecule has 10 fully saturated rings. The average molecular weight is 1410 g/mol. The SMILES string of the molecule is C=C(C)[C@@H]1CC[C@]2(N)CC[C@]3(C)[C@H](CC[C@@H]4[C@@]5(C)CC=C(c6ccc(C)c(F)c6)C(C)(C)[C@@H]5CC[C@]43C)[C@@H]12.C=C(C)[C@@H]1CC[C@]2(NCCN3CCOCC3)CC[C@]3(C)[C@H](CC[C@@H]4[C@@]5(C)CC=C(c6ccc(C(=O)O)c(F)c6)C(C)(C)[C@@H]5CC[C@]43C)[C@@H]12.Cl.ClCCN1CCOCC1.O=C=O. The highest BCUT2D eigenvalue weighted by molar-refractivity contribution is 6.18. The van der Waals surface area contributed by atoms with Crippen LogP contribution >= 0.6 is 24.0 Å². The third-order valence-electron chi connectivity index (χ3n) is 31.9. The van der Waals surface area contributed by atoms with Crippen molar-refractivity contribution in [2.24, 2.45) is 108 Å². The molecule has 0 spiro atoms. The van der Waals surface area contributed by atoms with Gasteiger partial charge in [-0.3, -0.25) is 9.80 Å². The number of nitrogens with two attached hydrogens (primary N) is 1. The molecule has 14 rings (SSSR count). The van der Waals surface area contributed by atoms with Gasteiger partial charge in [0.1, 0.15) is 11.6 Å². The van der Waals surface area contributed by atoms with E-state index in [1.165, 1.54) is 137 Å². The zero-order chi connectivity index (χ0) is 71.0. The van der Waals surface area contributed by atoms with Gasteiger partial charge >= 0.3 is 12.1 Å². The van der Waals surface area contributed by atoms with Gasteiger partial charge in [0.2, 0.25) is 0 Å². The Morgan fingerprint density at radius 1 is 0.606 bits per heavy atom. The van der Waals surface area contributed by atoms with Crippen LogP contribution in [0.4, 0.5) is 8.78 Å². The van der Waals surface area contributed by atoms with Crippen molar-refractivity contribution >= 4 is 47.3 Å². The van der Waals surface area contributed by atoms with Crippen LogP contribution < -0.4 is 11.1 Å². The Morgan fingerprint density at radius 2 is 1.06 bits per heavy atom. The number of ether oxygens (including phenoxy) is 2. The van der Waals surface area contributed by atoms with E-state index in [-0.39, 0.29) is 73.5 Å². The van der Waals surface area contributed by atoms with Crippen LogP contribution in [0.5, 0.6) is 0 Å². The van der Waals surface area contributed by atoms with E-state index in [9.17, 15) is 18.7 Å². The fourth-order valence-corrected chi connectivity index (χ4v) is 26.9. The van der Waals surface area contributed by atoms with Gasteiger partial charge < -0.3 is 25.6 Å². The number of carbonyl (C=O) groups excluding carboxylic acids is 2. The largest absolute Gasteiger partial charge is 0.478 e. The number of nitrogens with one attached hydrogen (secondary N) is 1. The molecule has 2 aromatic rings. The number of carboxylic acids is 1. The molecule has 0 radical (unpaired) electrons. The van der Waals surface area contributed by atoms with Gasteiger partial charge in [-0.15, -0.1) is 24.0 Å². The number of nitrogens with zero attached hydrogens (tertiary/aromatic N) is 2. The number of halogens is 4. The number of morpholine rings is 2. The van der Waals surface area contributed by atoms with E-state index in [1.54, 1.807) is 6.07 Å². The van der Waals surface area contributed by atoms with E-state index in [4.69, 9.17) is 36.4 Å². The van der Waals surface area contributed by atoms with Crippen molar-refractivity contribution in [2.45, 2.75) is 217 Å². The first kappa shape index (κ1) is 78.0. The second-order valence-corrected chi connectivity index (χ2v) is 36.8. The molecule has 14 heteroatoms. The van der Waals surface area contributed by atoms with Gasteiger partial charge in [0, 0.05) is 62.8 Å². The summed E-state index contributed by atoms with van der Waals surface area (Å²) in [5, 5.41) is 13.7. The smallest absolute Gasteiger partial charge is 0.373 e. The van der Waals surface area contributed by atoms with E-state index in [0.29, 0.717) is 64.1 Å². The predicted octanol–water partition coefficient (Wildman–Crippen LogP) is 18.7. The van der Waals surface area contributed by atoms with Crippen molar-refractivity contribution in [3.63, 3.8) is 0 Å². The van der Waals surface area contributed by atoms with Crippen molar-refractivity contribution in [3.8, 4) is 0 Å². The van der Waals surface area contributed by atoms with E-state index in [2.05, 4.69) is 130 Å². The van der Waals surface area contributed by atoms with E-state index in [0.717, 1.165) is 114 Å². The van der Waals surface area contributed by atoms with Crippen LogP contribution in [0.25, 0.3) is 11.1 Å². The minimum absolute atomic E-state index is 0. The summed E-state index contributed by atoms with van der Waals surface area (Å²) >= 11 is 5.55. The molecule has 2 saturated heterocycles. The van der Waals surface area contributed by atoms with Gasteiger partial charge in [-0.25, -0.2) is 13.6 Å². The van der Waals surface area contributed by atoms with Crippen LogP contribution in [0.2, 0.25) is 0 Å². The van der Waals surface area contributed by atoms with Crippen LogP contribution in [-0.2, 0) is 19.1 Å². The zero-order valence-electron chi connectivity index (χ0n) is 63.0. The number of benzene rings is 2. The number of allylic oxidation sites excluding steroid dienone is 6. The summed E-state index contributed by atoms with van der Waals surface area (Å²) in [4.78, 5) is 32.7. The monoisotopic (exact) mass is 1410 g/mol. The molecule has 99 heavy (non-hydrogen) atoms. The Balaban J connectivity index is 0.000000185. The van der Waals surface area contributed by atoms with Gasteiger partial charge in [0.15, 0.2) is 0 Å². The molecule has 0 amide bonds. The lowest BCUT2D eigenvalue weighted by Gasteiger charge is -2.72. The Hall–Kier alpha value is -3.55. The number of fused-ring (bicyclic) bond motifs is 14. The standard InChI is InChI=1S/C42H61FN2O3.C36H52FN.C6H12ClNO.CO2.ClH/c1-27(2)29-12-17-42(44-20-21-45-22-24-48-25-23-45)19-18-40(6)32(36(29)42)10-11-35-39(5)15-13-31(28-8-9-30(37(46)47)33(43)26-28)38(3,4)34(39)14-16-41(35,40)7;1-22(2)25-13-18-36(38)20-19-34(7)27(31(25)36)11-12-30-33(6)16-14-26(24-10-9-23(3)28(37)21-24)32(4,5)29(33)15-17-35(30,34)8;7-1-2-8-3-5-9-6-4-8;2-1-3;/h8-9,13,26,29,32,34-36,44H,1,10-12,14-25H2,2-7H3,(H,46,47);9-10,14,21,25,27,29-31H,1,11-13,15-20,38H2,2-8H3;1-6H2;;1H/t29-,32+,34-,35+,36+,39-,40+,41+,42-;25-,27+,29-,30+,31+,33-,34+,35+,36-;;;/m00.../s1. The molecule has 18 atom stereocenters. The Kier molecular flexibility index (Phi) is 23.2. The van der Waals surface area contributed by atoms with Crippen LogP contribution in [0.15, 0.2) is 72.9 Å². The molecule has 0 unspecified atom stereocenters. The molecule has 0 bridgehead atoms. The molecule has 2 aromatic carbocycles. The van der Waals surface area contributed by atoms with E-state index < -0.39 is 11.8 Å². The van der Waals surface area contributed by atoms with Crippen LogP contribution in [-0.4, -0.2) is 116 Å². The highest BCUT2D eigenvalue weighted by Crippen LogP contribution is 2.79. The van der Waals surface area contributed by atoms with E-state index >= 15 is 0 Å². The first-order valence-electron chi connectivity index (χ1n) is 38.4. The predicted molar refractivity (Wildman–Crippen MR) is 399 cm³/mol. The van der Waals surface area contributed by atoms with Crippen molar-refractivity contribution in [3.05, 3.63) is 107 Å². The number of hydrogen-bond donors (Lipinski definition) is 3. The molecule has 550 valence electrons. The van der Waals surface area contributed by atoms with Crippen LogP contribution in [0.1, 0.15) is 226 Å². The van der Waals surface area contributed by atoms with Crippen molar-refractivity contribution < 1.29 is 37.7 Å². The summed E-state index contributed by atoms with van der Waals surface area (Å²) in [6.07, 6.45) is 27.6. The van der Waals surface area contributed by atoms with E-state index in [1.807, 2.05) is 19.1 Å². The highest BCUT2D eigenvalue weighted by atomic mass is 35.5. The number of rotatable bonds is 11. The summed E-state index contributed by atoms with van der Waals surface area (Å²) in [7, 11) is 0.